The lowest BCUT2D eigenvalue weighted by molar-refractivity contribution is 0.482. The summed E-state index contributed by atoms with van der Waals surface area (Å²) in [6.07, 6.45) is 38.7. The highest BCUT2D eigenvalue weighted by Crippen LogP contribution is 2.52. The normalized spacial score (nSPS) is 22.8. The van der Waals surface area contributed by atoms with Gasteiger partial charge in [-0.05, 0) is 126 Å². The summed E-state index contributed by atoms with van der Waals surface area (Å²) in [5.74, 6) is 2.37. The predicted molar refractivity (Wildman–Crippen MR) is 210 cm³/mol. The molecule has 0 N–H and O–H groups in total. The molecule has 0 saturated heterocycles. The molecule has 240 valence electrons. The first kappa shape index (κ1) is 28.6. The third kappa shape index (κ3) is 4.55. The highest BCUT2D eigenvalue weighted by molar-refractivity contribution is 5.90. The van der Waals surface area contributed by atoms with Gasteiger partial charge in [-0.15, -0.1) is 0 Å². The van der Waals surface area contributed by atoms with Crippen LogP contribution in [0.15, 0.2) is 226 Å². The molecule has 11 rings (SSSR count). The molecular formula is C50H34O. The van der Waals surface area contributed by atoms with E-state index in [0.717, 1.165) is 24.3 Å². The fourth-order valence-electron chi connectivity index (χ4n) is 9.13. The fourth-order valence-corrected chi connectivity index (χ4v) is 9.13. The summed E-state index contributed by atoms with van der Waals surface area (Å²) in [4.78, 5) is 0. The van der Waals surface area contributed by atoms with Crippen LogP contribution in [-0.2, 0) is 0 Å². The van der Waals surface area contributed by atoms with Crippen molar-refractivity contribution in [2.75, 3.05) is 0 Å². The van der Waals surface area contributed by atoms with Gasteiger partial charge in [0, 0.05) is 11.8 Å². The number of allylic oxidation sites excluding steroid dienone is 28. The van der Waals surface area contributed by atoms with Gasteiger partial charge in [0.1, 0.15) is 11.5 Å². The lowest BCUT2D eigenvalue weighted by atomic mass is 9.66. The van der Waals surface area contributed by atoms with Crippen LogP contribution in [0.3, 0.4) is 0 Å². The number of ether oxygens (including phenoxy) is 1. The summed E-state index contributed by atoms with van der Waals surface area (Å²) in [5.41, 5.74) is 21.7. The van der Waals surface area contributed by atoms with Crippen LogP contribution in [0.2, 0.25) is 0 Å². The summed E-state index contributed by atoms with van der Waals surface area (Å²) >= 11 is 0. The highest BCUT2D eigenvalue weighted by atomic mass is 16.5. The smallest absolute Gasteiger partial charge is 0.127 e. The molecule has 8 aliphatic carbocycles. The molecule has 0 saturated carbocycles. The van der Waals surface area contributed by atoms with E-state index < -0.39 is 0 Å². The molecule has 1 heteroatoms. The molecule has 3 aromatic carbocycles. The van der Waals surface area contributed by atoms with E-state index in [2.05, 4.69) is 170 Å². The number of hydrogen-bond acceptors (Lipinski definition) is 1. The van der Waals surface area contributed by atoms with Crippen LogP contribution in [0, 0.1) is 11.8 Å². The van der Waals surface area contributed by atoms with Crippen LogP contribution in [0.4, 0.5) is 0 Å². The Morgan fingerprint density at radius 3 is 1.90 bits per heavy atom. The van der Waals surface area contributed by atoms with Gasteiger partial charge in [0.05, 0.1) is 0 Å². The molecule has 2 unspecified atom stereocenters. The first-order valence-electron chi connectivity index (χ1n) is 18.1. The molecule has 0 aliphatic heterocycles. The predicted octanol–water partition coefficient (Wildman–Crippen LogP) is 12.4. The minimum Gasteiger partial charge on any atom is -0.457 e. The minimum atomic E-state index is 0.329. The van der Waals surface area contributed by atoms with Crippen LogP contribution in [0.25, 0.3) is 22.3 Å². The van der Waals surface area contributed by atoms with Crippen molar-refractivity contribution < 1.29 is 4.74 Å². The van der Waals surface area contributed by atoms with Gasteiger partial charge in [-0.25, -0.2) is 0 Å². The third-order valence-corrected chi connectivity index (χ3v) is 11.6. The number of benzene rings is 3. The van der Waals surface area contributed by atoms with E-state index in [1.807, 2.05) is 0 Å². The summed E-state index contributed by atoms with van der Waals surface area (Å²) < 4.78 is 6.32. The Labute approximate surface area is 299 Å². The van der Waals surface area contributed by atoms with Crippen molar-refractivity contribution in [2.24, 2.45) is 11.8 Å². The molecule has 51 heavy (non-hydrogen) atoms. The van der Waals surface area contributed by atoms with Gasteiger partial charge in [-0.3, -0.25) is 0 Å². The molecule has 2 atom stereocenters. The Bertz CT molecular complexity index is 2530. The van der Waals surface area contributed by atoms with Gasteiger partial charge in [0.2, 0.25) is 0 Å². The molecule has 0 amide bonds. The van der Waals surface area contributed by atoms with Crippen LogP contribution >= 0.6 is 0 Å². The lowest BCUT2D eigenvalue weighted by Crippen LogP contribution is -2.22. The maximum absolute atomic E-state index is 6.32. The molecule has 0 spiro atoms. The second-order valence-corrected chi connectivity index (χ2v) is 14.3. The van der Waals surface area contributed by atoms with E-state index in [1.165, 1.54) is 89.1 Å². The zero-order valence-corrected chi connectivity index (χ0v) is 28.1. The number of rotatable bonds is 5. The molecule has 1 nitrogen and oxygen atoms in total. The molecule has 0 aromatic heterocycles. The molecule has 3 aromatic rings. The van der Waals surface area contributed by atoms with Crippen LogP contribution in [0.1, 0.15) is 24.0 Å². The van der Waals surface area contributed by atoms with E-state index in [1.54, 1.807) is 0 Å². The van der Waals surface area contributed by atoms with Crippen molar-refractivity contribution in [1.82, 2.24) is 0 Å². The molecule has 0 fully saturated rings. The fraction of sp³-hybridized carbons (Fsp3) is 0.0800. The Kier molecular flexibility index (Phi) is 6.27. The van der Waals surface area contributed by atoms with Gasteiger partial charge in [-0.2, -0.15) is 0 Å². The van der Waals surface area contributed by atoms with Crippen molar-refractivity contribution >= 4 is 11.1 Å². The summed E-state index contributed by atoms with van der Waals surface area (Å²) in [6, 6.07) is 26.0. The second kappa shape index (κ2) is 11.2. The minimum absolute atomic E-state index is 0.329. The van der Waals surface area contributed by atoms with Gasteiger partial charge in [-0.1, -0.05) is 146 Å². The average Bonchev–Trinajstić information content (AvgIpc) is 3.20. The molecular weight excluding hydrogens is 617 g/mol. The standard InChI is InChI=1S/C50H34O/c1-3-35-11-13-39-19-27-43(45-29-21-37(5-1)47(35)49(39)45)33-9-7-31(8-10-33)32-15-23-41(24-16-32)51-42-25-17-34(18-26-42)44-28-20-40-14-12-36-4-2-6-38-22-30-46(44)50(40)48(36)38/h1-5,7-18,20-30,47,50H,6,19H2. The summed E-state index contributed by atoms with van der Waals surface area (Å²) in [7, 11) is 0. The second-order valence-electron chi connectivity index (χ2n) is 14.3. The third-order valence-electron chi connectivity index (χ3n) is 11.6. The number of hydrogen-bond donors (Lipinski definition) is 0. The summed E-state index contributed by atoms with van der Waals surface area (Å²) in [6.45, 7) is 0. The molecule has 0 bridgehead atoms. The summed E-state index contributed by atoms with van der Waals surface area (Å²) in [5, 5.41) is 0. The largest absolute Gasteiger partial charge is 0.457 e. The highest BCUT2D eigenvalue weighted by Gasteiger charge is 2.36. The maximum Gasteiger partial charge on any atom is 0.127 e. The van der Waals surface area contributed by atoms with E-state index in [4.69, 9.17) is 4.74 Å². The Morgan fingerprint density at radius 2 is 1.08 bits per heavy atom. The first-order chi connectivity index (χ1) is 25.2. The molecule has 8 aliphatic rings. The average molecular weight is 651 g/mol. The Morgan fingerprint density at radius 1 is 0.451 bits per heavy atom. The van der Waals surface area contributed by atoms with Gasteiger partial charge in [0.15, 0.2) is 0 Å². The van der Waals surface area contributed by atoms with Crippen molar-refractivity contribution in [3.05, 3.63) is 237 Å². The van der Waals surface area contributed by atoms with E-state index in [-0.39, 0.29) is 0 Å². The maximum atomic E-state index is 6.32. The van der Waals surface area contributed by atoms with Crippen molar-refractivity contribution in [1.29, 1.82) is 0 Å². The topological polar surface area (TPSA) is 9.23 Å². The Hall–Kier alpha value is -6.18. The quantitative estimate of drug-likeness (QED) is 0.267. The van der Waals surface area contributed by atoms with Crippen molar-refractivity contribution in [3.63, 3.8) is 0 Å². The first-order valence-corrected chi connectivity index (χ1v) is 18.1. The van der Waals surface area contributed by atoms with Crippen molar-refractivity contribution in [2.45, 2.75) is 12.8 Å². The lowest BCUT2D eigenvalue weighted by Gasteiger charge is -2.37. The monoisotopic (exact) mass is 650 g/mol. The van der Waals surface area contributed by atoms with Crippen LogP contribution in [0.5, 0.6) is 11.5 Å². The van der Waals surface area contributed by atoms with Crippen molar-refractivity contribution in [3.8, 4) is 22.6 Å². The SMILES string of the molecule is C1=CC2=CC=C3CC=C(c4ccc(-c5ccc(Oc6ccc(C7=CC=C8C=CC9=C%10C(=CC=C7C8%10)CC=C9)cc6)cc5)cc4)C4=C3C2C(=C1)C=C4. The zero-order chi connectivity index (χ0) is 33.5. The molecule has 0 heterocycles. The Balaban J connectivity index is 0.799. The van der Waals surface area contributed by atoms with E-state index in [0.29, 0.717) is 11.8 Å². The van der Waals surface area contributed by atoms with Crippen LogP contribution in [-0.4, -0.2) is 0 Å². The zero-order valence-electron chi connectivity index (χ0n) is 28.1. The van der Waals surface area contributed by atoms with Gasteiger partial charge >= 0.3 is 0 Å². The van der Waals surface area contributed by atoms with E-state index in [9.17, 15) is 0 Å². The van der Waals surface area contributed by atoms with Gasteiger partial charge in [0.25, 0.3) is 0 Å². The van der Waals surface area contributed by atoms with E-state index >= 15 is 0 Å². The van der Waals surface area contributed by atoms with Crippen LogP contribution < -0.4 is 4.74 Å². The van der Waals surface area contributed by atoms with Gasteiger partial charge < -0.3 is 4.74 Å². The molecule has 0 radical (unpaired) electrons.